The number of ketones is 1. The number of hydrogen-bond acceptors (Lipinski definition) is 5. The van der Waals surface area contributed by atoms with Crippen LogP contribution in [-0.2, 0) is 9.59 Å². The monoisotopic (exact) mass is 396 g/mol. The van der Waals surface area contributed by atoms with Gasteiger partial charge in [-0.2, -0.15) is 0 Å². The molecule has 1 atom stereocenters. The van der Waals surface area contributed by atoms with Crippen molar-refractivity contribution in [2.24, 2.45) is 0 Å². The molecule has 1 aliphatic heterocycles. The molecule has 7 heteroatoms. The van der Waals surface area contributed by atoms with Crippen LogP contribution in [0, 0.1) is 0 Å². The number of nitrogens with zero attached hydrogens (tertiary/aromatic N) is 1. The topological polar surface area (TPSA) is 84.9 Å². The average Bonchev–Trinajstić information content (AvgIpc) is 2.75. The number of ether oxygens (including phenoxy) is 2. The average molecular weight is 396 g/mol. The summed E-state index contributed by atoms with van der Waals surface area (Å²) in [6, 6.07) is 13.2. The van der Waals surface area contributed by atoms with Crippen LogP contribution in [-0.4, -0.2) is 43.4 Å². The van der Waals surface area contributed by atoms with Crippen LogP contribution in [0.2, 0.25) is 0 Å². The van der Waals surface area contributed by atoms with E-state index in [1.807, 2.05) is 25.1 Å². The third-order valence-corrected chi connectivity index (χ3v) is 4.59. The maximum atomic E-state index is 12.6. The Hall–Kier alpha value is -3.35. The van der Waals surface area contributed by atoms with Crippen molar-refractivity contribution in [2.75, 3.05) is 24.7 Å². The van der Waals surface area contributed by atoms with Crippen LogP contribution in [0.15, 0.2) is 48.5 Å². The Bertz CT molecular complexity index is 897. The molecule has 0 radical (unpaired) electrons. The molecule has 0 aromatic heterocycles. The van der Waals surface area contributed by atoms with Gasteiger partial charge >= 0.3 is 0 Å². The minimum absolute atomic E-state index is 0.135. The smallest absolute Gasteiger partial charge is 0.265 e. The first-order valence-corrected chi connectivity index (χ1v) is 9.59. The minimum Gasteiger partial charge on any atom is -0.485 e. The second kappa shape index (κ2) is 9.23. The SMILES string of the molecule is CCCNC(=O)C(C)N1C(=O)COc2ccc(C(=O)COc3ccccc3)cc21. The van der Waals surface area contributed by atoms with Crippen molar-refractivity contribution in [1.82, 2.24) is 5.32 Å². The summed E-state index contributed by atoms with van der Waals surface area (Å²) >= 11 is 0. The molecule has 2 aromatic rings. The zero-order chi connectivity index (χ0) is 20.8. The van der Waals surface area contributed by atoms with E-state index in [9.17, 15) is 14.4 Å². The molecular formula is C22H24N2O5. The van der Waals surface area contributed by atoms with E-state index in [4.69, 9.17) is 9.47 Å². The van der Waals surface area contributed by atoms with Crippen LogP contribution >= 0.6 is 0 Å². The molecule has 29 heavy (non-hydrogen) atoms. The number of carbonyl (C=O) groups excluding carboxylic acids is 3. The van der Waals surface area contributed by atoms with Gasteiger partial charge in [0.1, 0.15) is 17.5 Å². The fraction of sp³-hybridized carbons (Fsp3) is 0.318. The number of benzene rings is 2. The zero-order valence-electron chi connectivity index (χ0n) is 16.5. The number of Topliss-reactive ketones (excluding diaryl/α,β-unsaturated/α-hetero) is 1. The number of nitrogens with one attached hydrogen (secondary N) is 1. The summed E-state index contributed by atoms with van der Waals surface area (Å²) in [6.45, 7) is 3.86. The van der Waals surface area contributed by atoms with Crippen molar-refractivity contribution in [3.63, 3.8) is 0 Å². The van der Waals surface area contributed by atoms with E-state index < -0.39 is 6.04 Å². The number of hydrogen-bond donors (Lipinski definition) is 1. The van der Waals surface area contributed by atoms with E-state index in [-0.39, 0.29) is 30.8 Å². The van der Waals surface area contributed by atoms with Crippen molar-refractivity contribution in [2.45, 2.75) is 26.3 Å². The van der Waals surface area contributed by atoms with Gasteiger partial charge in [-0.05, 0) is 43.7 Å². The summed E-state index contributed by atoms with van der Waals surface area (Å²) in [4.78, 5) is 38.9. The Morgan fingerprint density at radius 1 is 1.21 bits per heavy atom. The quantitative estimate of drug-likeness (QED) is 0.694. The van der Waals surface area contributed by atoms with Crippen molar-refractivity contribution >= 4 is 23.3 Å². The highest BCUT2D eigenvalue weighted by Gasteiger charge is 2.33. The van der Waals surface area contributed by atoms with Crippen LogP contribution in [0.25, 0.3) is 0 Å². The Morgan fingerprint density at radius 2 is 1.97 bits per heavy atom. The van der Waals surface area contributed by atoms with Gasteiger partial charge in [0, 0.05) is 12.1 Å². The molecule has 0 bridgehead atoms. The molecule has 1 N–H and O–H groups in total. The number of para-hydroxylation sites is 1. The number of anilines is 1. The van der Waals surface area contributed by atoms with Crippen molar-refractivity contribution in [1.29, 1.82) is 0 Å². The maximum absolute atomic E-state index is 12.6. The van der Waals surface area contributed by atoms with Crippen molar-refractivity contribution in [3.05, 3.63) is 54.1 Å². The molecule has 1 unspecified atom stereocenters. The van der Waals surface area contributed by atoms with Crippen LogP contribution in [0.1, 0.15) is 30.6 Å². The van der Waals surface area contributed by atoms with Gasteiger partial charge < -0.3 is 14.8 Å². The Kier molecular flexibility index (Phi) is 6.49. The fourth-order valence-electron chi connectivity index (χ4n) is 3.03. The third-order valence-electron chi connectivity index (χ3n) is 4.59. The summed E-state index contributed by atoms with van der Waals surface area (Å²) < 4.78 is 11.0. The first-order valence-electron chi connectivity index (χ1n) is 9.59. The molecule has 1 aliphatic rings. The molecule has 3 rings (SSSR count). The first kappa shape index (κ1) is 20.4. The number of fused-ring (bicyclic) bond motifs is 1. The van der Waals surface area contributed by atoms with E-state index in [1.54, 1.807) is 37.3 Å². The van der Waals surface area contributed by atoms with Crippen LogP contribution in [0.3, 0.4) is 0 Å². The summed E-state index contributed by atoms with van der Waals surface area (Å²) in [5.74, 6) is 0.233. The second-order valence-corrected chi connectivity index (χ2v) is 6.73. The van der Waals surface area contributed by atoms with E-state index >= 15 is 0 Å². The molecule has 0 saturated carbocycles. The van der Waals surface area contributed by atoms with Gasteiger partial charge in [-0.3, -0.25) is 19.3 Å². The highest BCUT2D eigenvalue weighted by molar-refractivity contribution is 6.05. The lowest BCUT2D eigenvalue weighted by molar-refractivity contribution is -0.127. The largest absolute Gasteiger partial charge is 0.485 e. The molecule has 1 heterocycles. The van der Waals surface area contributed by atoms with Crippen LogP contribution in [0.5, 0.6) is 11.5 Å². The molecule has 7 nitrogen and oxygen atoms in total. The van der Waals surface area contributed by atoms with Crippen LogP contribution < -0.4 is 19.7 Å². The summed E-state index contributed by atoms with van der Waals surface area (Å²) in [7, 11) is 0. The Balaban J connectivity index is 1.80. The normalized spacial score (nSPS) is 13.9. The first-order chi connectivity index (χ1) is 14.0. The molecule has 2 amide bonds. The van der Waals surface area contributed by atoms with E-state index in [0.29, 0.717) is 29.3 Å². The standard InChI is InChI=1S/C22H24N2O5/c1-3-11-23-22(27)15(2)24-18-12-16(9-10-20(18)29-14-21(24)26)19(25)13-28-17-7-5-4-6-8-17/h4-10,12,15H,3,11,13-14H2,1-2H3,(H,23,27). The molecule has 0 spiro atoms. The Labute approximate surface area is 169 Å². The lowest BCUT2D eigenvalue weighted by atomic mass is 10.1. The predicted molar refractivity (Wildman–Crippen MR) is 108 cm³/mol. The Morgan fingerprint density at radius 3 is 2.69 bits per heavy atom. The van der Waals surface area contributed by atoms with E-state index in [0.717, 1.165) is 6.42 Å². The van der Waals surface area contributed by atoms with Gasteiger partial charge in [-0.25, -0.2) is 0 Å². The second-order valence-electron chi connectivity index (χ2n) is 6.73. The van der Waals surface area contributed by atoms with Gasteiger partial charge in [-0.15, -0.1) is 0 Å². The van der Waals surface area contributed by atoms with Gasteiger partial charge in [-0.1, -0.05) is 25.1 Å². The number of rotatable bonds is 8. The molecule has 152 valence electrons. The lowest BCUT2D eigenvalue weighted by Gasteiger charge is -2.33. The van der Waals surface area contributed by atoms with E-state index in [1.165, 1.54) is 4.90 Å². The summed E-state index contributed by atoms with van der Waals surface area (Å²) in [6.07, 6.45) is 0.798. The lowest BCUT2D eigenvalue weighted by Crippen LogP contribution is -2.51. The van der Waals surface area contributed by atoms with E-state index in [2.05, 4.69) is 5.32 Å². The minimum atomic E-state index is -0.720. The van der Waals surface area contributed by atoms with Crippen molar-refractivity contribution < 1.29 is 23.9 Å². The molecule has 0 saturated heterocycles. The van der Waals surface area contributed by atoms with Gasteiger partial charge in [0.15, 0.2) is 19.0 Å². The number of amides is 2. The van der Waals surface area contributed by atoms with Gasteiger partial charge in [0.05, 0.1) is 5.69 Å². The van der Waals surface area contributed by atoms with Crippen LogP contribution in [0.4, 0.5) is 5.69 Å². The highest BCUT2D eigenvalue weighted by atomic mass is 16.5. The zero-order valence-corrected chi connectivity index (χ0v) is 16.5. The van der Waals surface area contributed by atoms with Crippen molar-refractivity contribution in [3.8, 4) is 11.5 Å². The maximum Gasteiger partial charge on any atom is 0.265 e. The summed E-state index contributed by atoms with van der Waals surface area (Å²) in [5.41, 5.74) is 0.787. The van der Waals surface area contributed by atoms with Gasteiger partial charge in [0.2, 0.25) is 5.91 Å². The summed E-state index contributed by atoms with van der Waals surface area (Å²) in [5, 5.41) is 2.80. The van der Waals surface area contributed by atoms with Gasteiger partial charge in [0.25, 0.3) is 5.91 Å². The highest BCUT2D eigenvalue weighted by Crippen LogP contribution is 2.34. The third kappa shape index (κ3) is 4.74. The fourth-order valence-corrected chi connectivity index (χ4v) is 3.03. The molecular weight excluding hydrogens is 372 g/mol. The molecule has 2 aromatic carbocycles. The molecule has 0 fully saturated rings. The number of carbonyl (C=O) groups is 3. The predicted octanol–water partition coefficient (Wildman–Crippen LogP) is 2.59. The molecule has 0 aliphatic carbocycles.